The molecule has 150 valence electrons. The summed E-state index contributed by atoms with van der Waals surface area (Å²) in [6, 6.07) is 7.33. The number of fused-ring (bicyclic) bond motifs is 2. The van der Waals surface area contributed by atoms with Gasteiger partial charge in [0.05, 0.1) is 5.56 Å². The molecule has 0 saturated carbocycles. The summed E-state index contributed by atoms with van der Waals surface area (Å²) in [6.07, 6.45) is -1.95. The van der Waals surface area contributed by atoms with Crippen LogP contribution in [0.2, 0.25) is 0 Å². The van der Waals surface area contributed by atoms with Gasteiger partial charge in [0.2, 0.25) is 18.4 Å². The topological polar surface area (TPSA) is 137 Å². The lowest BCUT2D eigenvalue weighted by Crippen LogP contribution is -2.24. The van der Waals surface area contributed by atoms with E-state index in [9.17, 15) is 29.1 Å². The summed E-state index contributed by atoms with van der Waals surface area (Å²) in [7, 11) is 0. The molecule has 9 nitrogen and oxygen atoms in total. The van der Waals surface area contributed by atoms with Gasteiger partial charge in [-0.3, -0.25) is 19.2 Å². The lowest BCUT2D eigenvalue weighted by molar-refractivity contribution is -0.172. The number of Topliss-reactive ketones (excluding diaryl/α,β-unsaturated/α-hetero) is 1. The Morgan fingerprint density at radius 2 is 1.69 bits per heavy atom. The molecule has 1 atom stereocenters. The van der Waals surface area contributed by atoms with Crippen LogP contribution < -0.4 is 0 Å². The highest BCUT2D eigenvalue weighted by atomic mass is 16.7. The molecule has 1 unspecified atom stereocenters. The molecular formula is C20H16O9. The van der Waals surface area contributed by atoms with Crippen LogP contribution in [-0.4, -0.2) is 47.3 Å². The Morgan fingerprint density at radius 1 is 1.03 bits per heavy atom. The highest BCUT2D eigenvalue weighted by Crippen LogP contribution is 2.30. The highest BCUT2D eigenvalue weighted by Gasteiger charge is 2.34. The Labute approximate surface area is 164 Å². The van der Waals surface area contributed by atoms with Crippen molar-refractivity contribution in [2.75, 3.05) is 6.79 Å². The first-order chi connectivity index (χ1) is 13.8. The lowest BCUT2D eigenvalue weighted by atomic mass is 9.88. The van der Waals surface area contributed by atoms with Crippen LogP contribution in [0.1, 0.15) is 62.4 Å². The van der Waals surface area contributed by atoms with Crippen LogP contribution in [0, 0.1) is 0 Å². The number of rotatable bonds is 7. The average molecular weight is 400 g/mol. The summed E-state index contributed by atoms with van der Waals surface area (Å²) >= 11 is 0. The molecule has 0 aliphatic heterocycles. The standard InChI is InChI=1S/C20H16O9/c1-2-13(21)20(26)28-9-27-16(23)8-14(22)15-7-12-17(24)10-5-3-4-6-11(10)18(25)19(12)29-15/h3-7,13,21H,2,8-9H2,1H3. The van der Waals surface area contributed by atoms with Crippen LogP contribution in [0.15, 0.2) is 34.7 Å². The highest BCUT2D eigenvalue weighted by molar-refractivity contribution is 6.28. The third kappa shape index (κ3) is 3.99. The number of hydrogen-bond donors (Lipinski definition) is 1. The predicted molar refractivity (Wildman–Crippen MR) is 94.3 cm³/mol. The zero-order valence-electron chi connectivity index (χ0n) is 15.3. The molecule has 3 rings (SSSR count). The van der Waals surface area contributed by atoms with Crippen molar-refractivity contribution in [3.8, 4) is 0 Å². The van der Waals surface area contributed by atoms with Crippen LogP contribution in [-0.2, 0) is 19.1 Å². The van der Waals surface area contributed by atoms with Gasteiger partial charge in [0, 0.05) is 11.1 Å². The fraction of sp³-hybridized carbons (Fsp3) is 0.250. The summed E-state index contributed by atoms with van der Waals surface area (Å²) in [5.41, 5.74) is 0.335. The monoisotopic (exact) mass is 400 g/mol. The van der Waals surface area contributed by atoms with E-state index in [2.05, 4.69) is 9.47 Å². The average Bonchev–Trinajstić information content (AvgIpc) is 3.17. The second-order valence-corrected chi connectivity index (χ2v) is 6.18. The smallest absolute Gasteiger partial charge is 0.337 e. The van der Waals surface area contributed by atoms with Gasteiger partial charge in [0.15, 0.2) is 23.4 Å². The van der Waals surface area contributed by atoms with E-state index in [-0.39, 0.29) is 34.6 Å². The summed E-state index contributed by atoms with van der Waals surface area (Å²) in [4.78, 5) is 60.2. The molecule has 1 aliphatic rings. The van der Waals surface area contributed by atoms with E-state index in [1.807, 2.05) is 0 Å². The minimum atomic E-state index is -1.33. The molecular weight excluding hydrogens is 384 g/mol. The van der Waals surface area contributed by atoms with Gasteiger partial charge in [-0.25, -0.2) is 4.79 Å². The number of aliphatic hydroxyl groups is 1. The van der Waals surface area contributed by atoms with Gasteiger partial charge in [-0.2, -0.15) is 0 Å². The van der Waals surface area contributed by atoms with Crippen molar-refractivity contribution >= 4 is 29.3 Å². The van der Waals surface area contributed by atoms with Gasteiger partial charge in [0.1, 0.15) is 6.42 Å². The number of benzene rings is 1. The number of esters is 2. The molecule has 1 heterocycles. The second-order valence-electron chi connectivity index (χ2n) is 6.18. The number of aliphatic hydroxyl groups excluding tert-OH is 1. The number of furan rings is 1. The summed E-state index contributed by atoms with van der Waals surface area (Å²) < 4.78 is 14.4. The van der Waals surface area contributed by atoms with Crippen molar-refractivity contribution in [1.29, 1.82) is 0 Å². The molecule has 9 heteroatoms. The minimum absolute atomic E-state index is 0.0482. The maximum atomic E-state index is 12.5. The second kappa shape index (κ2) is 8.19. The molecule has 0 fully saturated rings. The molecule has 1 aliphatic carbocycles. The Balaban J connectivity index is 1.65. The van der Waals surface area contributed by atoms with Crippen LogP contribution in [0.3, 0.4) is 0 Å². The molecule has 0 spiro atoms. The van der Waals surface area contributed by atoms with Crippen LogP contribution in [0.5, 0.6) is 0 Å². The number of hydrogen-bond acceptors (Lipinski definition) is 9. The Bertz CT molecular complexity index is 962. The van der Waals surface area contributed by atoms with Crippen LogP contribution in [0.25, 0.3) is 0 Å². The predicted octanol–water partition coefficient (Wildman–Crippen LogP) is 1.44. The third-order valence-electron chi connectivity index (χ3n) is 4.26. The fourth-order valence-corrected chi connectivity index (χ4v) is 2.70. The molecule has 0 bridgehead atoms. The van der Waals surface area contributed by atoms with E-state index in [0.29, 0.717) is 0 Å². The maximum absolute atomic E-state index is 12.5. The number of ether oxygens (including phenoxy) is 2. The molecule has 0 amide bonds. The Morgan fingerprint density at radius 3 is 2.34 bits per heavy atom. The van der Waals surface area contributed by atoms with Crippen molar-refractivity contribution in [3.05, 3.63) is 58.5 Å². The normalized spacial score (nSPS) is 13.3. The van der Waals surface area contributed by atoms with Crippen molar-refractivity contribution < 1.29 is 43.0 Å². The zero-order chi connectivity index (χ0) is 21.1. The van der Waals surface area contributed by atoms with Gasteiger partial charge < -0.3 is 19.0 Å². The zero-order valence-corrected chi connectivity index (χ0v) is 15.3. The minimum Gasteiger partial charge on any atom is -0.449 e. The van der Waals surface area contributed by atoms with Crippen molar-refractivity contribution in [2.45, 2.75) is 25.9 Å². The molecule has 29 heavy (non-hydrogen) atoms. The van der Waals surface area contributed by atoms with E-state index < -0.39 is 48.6 Å². The lowest BCUT2D eigenvalue weighted by Gasteiger charge is -2.11. The molecule has 1 aromatic carbocycles. The molecule has 0 radical (unpaired) electrons. The number of ketones is 3. The van der Waals surface area contributed by atoms with Gasteiger partial charge >= 0.3 is 11.9 Å². The molecule has 1 aromatic heterocycles. The Kier molecular flexibility index (Phi) is 5.69. The van der Waals surface area contributed by atoms with E-state index in [1.165, 1.54) is 12.1 Å². The number of carbonyl (C=O) groups excluding carboxylic acids is 5. The molecule has 2 aromatic rings. The van der Waals surface area contributed by atoms with Crippen molar-refractivity contribution in [3.63, 3.8) is 0 Å². The fourth-order valence-electron chi connectivity index (χ4n) is 2.70. The summed E-state index contributed by atoms with van der Waals surface area (Å²) in [5, 5.41) is 9.24. The summed E-state index contributed by atoms with van der Waals surface area (Å²) in [5.74, 6) is -4.35. The van der Waals surface area contributed by atoms with E-state index in [1.54, 1.807) is 19.1 Å². The number of carbonyl (C=O) groups is 5. The summed E-state index contributed by atoms with van der Waals surface area (Å²) in [6.45, 7) is 0.802. The molecule has 1 N–H and O–H groups in total. The van der Waals surface area contributed by atoms with Gasteiger partial charge in [-0.1, -0.05) is 31.2 Å². The first-order valence-electron chi connectivity index (χ1n) is 8.69. The first-order valence-corrected chi connectivity index (χ1v) is 8.69. The maximum Gasteiger partial charge on any atom is 0.337 e. The largest absolute Gasteiger partial charge is 0.449 e. The van der Waals surface area contributed by atoms with Gasteiger partial charge in [-0.05, 0) is 12.5 Å². The first kappa shape index (κ1) is 20.2. The van der Waals surface area contributed by atoms with Crippen LogP contribution in [0.4, 0.5) is 0 Å². The third-order valence-corrected chi connectivity index (χ3v) is 4.26. The van der Waals surface area contributed by atoms with E-state index >= 15 is 0 Å². The van der Waals surface area contributed by atoms with E-state index in [4.69, 9.17) is 4.42 Å². The van der Waals surface area contributed by atoms with E-state index in [0.717, 1.165) is 6.07 Å². The van der Waals surface area contributed by atoms with Crippen molar-refractivity contribution in [2.24, 2.45) is 0 Å². The molecule has 0 saturated heterocycles. The van der Waals surface area contributed by atoms with Gasteiger partial charge in [0.25, 0.3) is 0 Å². The SMILES string of the molecule is CCC(O)C(=O)OCOC(=O)CC(=O)c1cc2c(o1)C(=O)c1ccccc1C2=O. The van der Waals surface area contributed by atoms with Crippen LogP contribution >= 0.6 is 0 Å². The Hall–Kier alpha value is -3.59. The van der Waals surface area contributed by atoms with Crippen molar-refractivity contribution in [1.82, 2.24) is 0 Å². The quantitative estimate of drug-likeness (QED) is 0.270. The van der Waals surface area contributed by atoms with Gasteiger partial charge in [-0.15, -0.1) is 0 Å².